The van der Waals surface area contributed by atoms with E-state index in [0.29, 0.717) is 39.0 Å². The fourth-order valence-electron chi connectivity index (χ4n) is 3.80. The second-order valence-electron chi connectivity index (χ2n) is 7.72. The van der Waals surface area contributed by atoms with Crippen molar-refractivity contribution in [1.29, 1.82) is 0 Å². The second-order valence-corrected chi connectivity index (χ2v) is 7.72. The highest BCUT2D eigenvalue weighted by Gasteiger charge is 2.20. The molecule has 1 N–H and O–H groups in total. The van der Waals surface area contributed by atoms with E-state index in [2.05, 4.69) is 15.2 Å². The summed E-state index contributed by atoms with van der Waals surface area (Å²) in [6.45, 7) is 5.72. The molecule has 4 aromatic rings. The fraction of sp³-hybridized carbons (Fsp3) is 0.250. The summed E-state index contributed by atoms with van der Waals surface area (Å²) in [6.07, 6.45) is 0. The predicted molar refractivity (Wildman–Crippen MR) is 122 cm³/mol. The van der Waals surface area contributed by atoms with Crippen molar-refractivity contribution in [2.45, 2.75) is 26.8 Å². The Labute approximate surface area is 185 Å². The quantitative estimate of drug-likeness (QED) is 0.406. The van der Waals surface area contributed by atoms with Gasteiger partial charge in [0.25, 0.3) is 5.91 Å². The third-order valence-electron chi connectivity index (χ3n) is 5.29. The third-order valence-corrected chi connectivity index (χ3v) is 5.29. The van der Waals surface area contributed by atoms with Gasteiger partial charge in [-0.15, -0.1) is 10.2 Å². The van der Waals surface area contributed by atoms with Crippen LogP contribution in [0.3, 0.4) is 0 Å². The molecule has 1 amide bonds. The minimum Gasteiger partial charge on any atom is -0.497 e. The first kappa shape index (κ1) is 21.3. The highest BCUT2D eigenvalue weighted by molar-refractivity contribution is 6.07. The van der Waals surface area contributed by atoms with E-state index in [0.717, 1.165) is 5.52 Å². The van der Waals surface area contributed by atoms with Crippen molar-refractivity contribution in [3.8, 4) is 17.4 Å². The molecule has 0 aliphatic rings. The first-order valence-electron chi connectivity index (χ1n) is 10.2. The number of fused-ring (bicyclic) bond motifs is 2. The van der Waals surface area contributed by atoms with Gasteiger partial charge in [0.05, 0.1) is 30.8 Å². The Hall–Kier alpha value is -3.94. The molecule has 0 fully saturated rings. The lowest BCUT2D eigenvalue weighted by molar-refractivity contribution is 0.0996. The maximum Gasteiger partial charge on any atom is 0.296 e. The van der Waals surface area contributed by atoms with Crippen LogP contribution in [-0.2, 0) is 0 Å². The summed E-state index contributed by atoms with van der Waals surface area (Å²) in [4.78, 5) is 17.5. The van der Waals surface area contributed by atoms with Crippen LogP contribution in [-0.4, -0.2) is 34.8 Å². The molecule has 0 bridgehead atoms. The number of aromatic nitrogens is 2. The highest BCUT2D eigenvalue weighted by Crippen LogP contribution is 2.42. The van der Waals surface area contributed by atoms with Crippen LogP contribution >= 0.6 is 0 Å². The maximum atomic E-state index is 13.1. The smallest absolute Gasteiger partial charge is 0.296 e. The number of ether oxygens (including phenoxy) is 2. The number of pyridine rings is 1. The number of aryl methyl sites for hydroxylation is 1. The van der Waals surface area contributed by atoms with E-state index in [-0.39, 0.29) is 17.6 Å². The van der Waals surface area contributed by atoms with Crippen LogP contribution in [0.5, 0.6) is 17.4 Å². The van der Waals surface area contributed by atoms with E-state index < -0.39 is 5.91 Å². The number of methoxy groups -OCH3 is 2. The minimum absolute atomic E-state index is 0.0233. The Bertz CT molecular complexity index is 1370. The van der Waals surface area contributed by atoms with Crippen LogP contribution in [0.25, 0.3) is 21.8 Å². The first-order chi connectivity index (χ1) is 15.3. The Kier molecular flexibility index (Phi) is 5.52. The van der Waals surface area contributed by atoms with Gasteiger partial charge < -0.3 is 19.1 Å². The van der Waals surface area contributed by atoms with Gasteiger partial charge in [0, 0.05) is 22.5 Å². The zero-order chi connectivity index (χ0) is 23.0. The van der Waals surface area contributed by atoms with Crippen molar-refractivity contribution < 1.29 is 19.4 Å². The number of carbonyl (C=O) groups excluding carboxylic acids is 1. The molecule has 8 nitrogen and oxygen atoms in total. The Morgan fingerprint density at radius 3 is 2.34 bits per heavy atom. The summed E-state index contributed by atoms with van der Waals surface area (Å²) in [7, 11) is 3.13. The van der Waals surface area contributed by atoms with E-state index >= 15 is 0 Å². The van der Waals surface area contributed by atoms with Crippen molar-refractivity contribution >= 4 is 33.4 Å². The number of carbonyl (C=O) groups is 1. The first-order valence-corrected chi connectivity index (χ1v) is 10.2. The number of hydrogen-bond donors (Lipinski definition) is 1. The molecule has 0 saturated carbocycles. The minimum atomic E-state index is -0.540. The summed E-state index contributed by atoms with van der Waals surface area (Å²) in [5.41, 5.74) is 2.70. The molecule has 8 heteroatoms. The van der Waals surface area contributed by atoms with E-state index in [1.54, 1.807) is 49.1 Å². The number of nitrogens with zero attached hydrogens (tertiary/aromatic N) is 4. The highest BCUT2D eigenvalue weighted by atomic mass is 16.5. The molecule has 2 aromatic carbocycles. The van der Waals surface area contributed by atoms with Crippen LogP contribution in [0.1, 0.15) is 35.9 Å². The summed E-state index contributed by atoms with van der Waals surface area (Å²) >= 11 is 0. The zero-order valence-electron chi connectivity index (χ0n) is 18.6. The monoisotopic (exact) mass is 432 g/mol. The predicted octanol–water partition coefficient (Wildman–Crippen LogP) is 5.73. The SMILES string of the molecule is COc1ccc2nc(C)cc(C(=O)N=Nc3c(O)n(C(C)C)c4ccc(OC)cc34)c2c1. The van der Waals surface area contributed by atoms with Crippen LogP contribution in [0.4, 0.5) is 5.69 Å². The Morgan fingerprint density at radius 2 is 1.69 bits per heavy atom. The Balaban J connectivity index is 1.83. The fourth-order valence-corrected chi connectivity index (χ4v) is 3.80. The van der Waals surface area contributed by atoms with Crippen molar-refractivity contribution in [3.05, 3.63) is 53.7 Å². The molecule has 0 aliphatic heterocycles. The molecule has 2 aromatic heterocycles. The summed E-state index contributed by atoms with van der Waals surface area (Å²) in [6, 6.07) is 12.4. The molecule has 4 rings (SSSR count). The van der Waals surface area contributed by atoms with Gasteiger partial charge in [0.2, 0.25) is 5.88 Å². The Morgan fingerprint density at radius 1 is 1.03 bits per heavy atom. The summed E-state index contributed by atoms with van der Waals surface area (Å²) in [5, 5.41) is 20.2. The van der Waals surface area contributed by atoms with Crippen LogP contribution in [0.15, 0.2) is 52.7 Å². The number of azo groups is 1. The topological polar surface area (TPSA) is 98.3 Å². The molecule has 0 radical (unpaired) electrons. The van der Waals surface area contributed by atoms with Crippen LogP contribution in [0, 0.1) is 6.92 Å². The lowest BCUT2D eigenvalue weighted by atomic mass is 10.1. The molecule has 0 spiro atoms. The molecule has 0 unspecified atom stereocenters. The molecular formula is C24H24N4O4. The van der Waals surface area contributed by atoms with E-state index in [1.165, 1.54) is 0 Å². The average Bonchev–Trinajstić information content (AvgIpc) is 3.06. The number of hydrogen-bond acceptors (Lipinski definition) is 6. The largest absolute Gasteiger partial charge is 0.497 e. The molecule has 2 heterocycles. The normalized spacial score (nSPS) is 11.7. The number of amides is 1. The lowest BCUT2D eigenvalue weighted by Gasteiger charge is -2.10. The van der Waals surface area contributed by atoms with E-state index in [9.17, 15) is 9.90 Å². The van der Waals surface area contributed by atoms with Gasteiger partial charge in [-0.2, -0.15) is 0 Å². The molecule has 0 aliphatic carbocycles. The van der Waals surface area contributed by atoms with Crippen molar-refractivity contribution in [1.82, 2.24) is 9.55 Å². The number of rotatable bonds is 5. The second kappa shape index (κ2) is 8.30. The number of benzene rings is 2. The van der Waals surface area contributed by atoms with Crippen LogP contribution < -0.4 is 9.47 Å². The third kappa shape index (κ3) is 3.64. The van der Waals surface area contributed by atoms with Gasteiger partial charge in [-0.05, 0) is 63.2 Å². The van der Waals surface area contributed by atoms with Gasteiger partial charge in [-0.1, -0.05) is 0 Å². The molecule has 0 saturated heterocycles. The van der Waals surface area contributed by atoms with Crippen molar-refractivity contribution in [2.75, 3.05) is 14.2 Å². The molecule has 164 valence electrons. The molecule has 0 atom stereocenters. The molecule has 32 heavy (non-hydrogen) atoms. The maximum absolute atomic E-state index is 13.1. The van der Waals surface area contributed by atoms with E-state index in [1.807, 2.05) is 32.9 Å². The van der Waals surface area contributed by atoms with Gasteiger partial charge in [-0.3, -0.25) is 9.78 Å². The van der Waals surface area contributed by atoms with Crippen LogP contribution in [0.2, 0.25) is 0 Å². The lowest BCUT2D eigenvalue weighted by Crippen LogP contribution is -1.99. The van der Waals surface area contributed by atoms with Gasteiger partial charge >= 0.3 is 0 Å². The van der Waals surface area contributed by atoms with Gasteiger partial charge in [-0.25, -0.2) is 0 Å². The summed E-state index contributed by atoms with van der Waals surface area (Å²) in [5.74, 6) is 0.627. The van der Waals surface area contributed by atoms with Gasteiger partial charge in [0.15, 0.2) is 5.69 Å². The number of aromatic hydroxyl groups is 1. The standard InChI is InChI=1S/C24H24N4O4/c1-13(2)28-21-9-7-16(32-5)12-19(21)22(24(28)30)26-27-23(29)18-10-14(3)25-20-8-6-15(31-4)11-17(18)20/h6-13,30H,1-5H3. The van der Waals surface area contributed by atoms with Gasteiger partial charge in [0.1, 0.15) is 11.5 Å². The summed E-state index contributed by atoms with van der Waals surface area (Å²) < 4.78 is 12.3. The zero-order valence-corrected chi connectivity index (χ0v) is 18.6. The van der Waals surface area contributed by atoms with Crippen molar-refractivity contribution in [2.24, 2.45) is 10.2 Å². The van der Waals surface area contributed by atoms with E-state index in [4.69, 9.17) is 9.47 Å². The average molecular weight is 432 g/mol. The molecular weight excluding hydrogens is 408 g/mol. The van der Waals surface area contributed by atoms with Crippen molar-refractivity contribution in [3.63, 3.8) is 0 Å².